The molecule has 1 aliphatic heterocycles. The number of rotatable bonds is 4. The van der Waals surface area contributed by atoms with Gasteiger partial charge in [0, 0.05) is 37.6 Å². The molecule has 0 bridgehead atoms. The molecule has 0 N–H and O–H groups in total. The lowest BCUT2D eigenvalue weighted by atomic mass is 9.96. The van der Waals surface area contributed by atoms with Crippen LogP contribution in [0.5, 0.6) is 0 Å². The maximum Gasteiger partial charge on any atom is 0.409 e. The number of benzene rings is 1. The summed E-state index contributed by atoms with van der Waals surface area (Å²) in [7, 11) is 1.64. The van der Waals surface area contributed by atoms with Crippen LogP contribution in [0, 0.1) is 11.3 Å². The number of fused-ring (bicyclic) bond motifs is 2. The lowest BCUT2D eigenvalue weighted by molar-refractivity contribution is 0.113. The maximum absolute atomic E-state index is 12.0. The second kappa shape index (κ2) is 9.13. The van der Waals surface area contributed by atoms with Gasteiger partial charge in [-0.15, -0.1) is 0 Å². The van der Waals surface area contributed by atoms with Crippen molar-refractivity contribution in [1.82, 2.24) is 9.47 Å². The molecular formula is C21H20Cl3N3O2. The first-order valence-electron chi connectivity index (χ1n) is 9.12. The van der Waals surface area contributed by atoms with Gasteiger partial charge in [0.25, 0.3) is 0 Å². The SMILES string of the molecule is CN(CCC=C1c2ccccc2CCn2cc(C#N)cc21)C(=O)OCC(Cl)(Cl)Cl. The normalized spacial score (nSPS) is 14.5. The molecule has 1 aromatic carbocycles. The van der Waals surface area contributed by atoms with Gasteiger partial charge in [0.1, 0.15) is 12.7 Å². The lowest BCUT2D eigenvalue weighted by Crippen LogP contribution is -2.30. The van der Waals surface area contributed by atoms with Gasteiger partial charge in [0.15, 0.2) is 0 Å². The predicted molar refractivity (Wildman–Crippen MR) is 115 cm³/mol. The topological polar surface area (TPSA) is 58.3 Å². The van der Waals surface area contributed by atoms with Crippen LogP contribution in [0.3, 0.4) is 0 Å². The monoisotopic (exact) mass is 451 g/mol. The molecule has 1 aliphatic rings. The molecule has 8 heteroatoms. The number of halogens is 3. The zero-order valence-electron chi connectivity index (χ0n) is 15.9. The molecular weight excluding hydrogens is 433 g/mol. The van der Waals surface area contributed by atoms with E-state index in [1.54, 1.807) is 7.05 Å². The average molecular weight is 453 g/mol. The van der Waals surface area contributed by atoms with E-state index in [1.165, 1.54) is 10.5 Å². The van der Waals surface area contributed by atoms with Crippen LogP contribution in [0.25, 0.3) is 5.57 Å². The van der Waals surface area contributed by atoms with Crippen molar-refractivity contribution >= 4 is 46.5 Å². The summed E-state index contributed by atoms with van der Waals surface area (Å²) in [6.07, 6.45) is 4.93. The van der Waals surface area contributed by atoms with Gasteiger partial charge in [-0.1, -0.05) is 65.1 Å². The molecule has 152 valence electrons. The molecule has 0 saturated heterocycles. The summed E-state index contributed by atoms with van der Waals surface area (Å²) in [5, 5.41) is 9.29. The molecule has 0 spiro atoms. The van der Waals surface area contributed by atoms with Crippen molar-refractivity contribution in [1.29, 1.82) is 5.26 Å². The van der Waals surface area contributed by atoms with Crippen LogP contribution < -0.4 is 0 Å². The zero-order chi connectivity index (χ0) is 21.0. The van der Waals surface area contributed by atoms with E-state index in [0.29, 0.717) is 18.5 Å². The quantitative estimate of drug-likeness (QED) is 0.601. The highest BCUT2D eigenvalue weighted by Gasteiger charge is 2.23. The number of aryl methyl sites for hydroxylation is 2. The molecule has 0 saturated carbocycles. The molecule has 0 atom stereocenters. The number of nitrogens with zero attached hydrogens (tertiary/aromatic N) is 3. The number of nitriles is 1. The second-order valence-corrected chi connectivity index (χ2v) is 9.34. The zero-order valence-corrected chi connectivity index (χ0v) is 18.1. The molecule has 3 rings (SSSR count). The Kier molecular flexibility index (Phi) is 6.79. The van der Waals surface area contributed by atoms with Crippen molar-refractivity contribution in [2.75, 3.05) is 20.2 Å². The Hall–Kier alpha value is -2.13. The number of amides is 1. The first-order chi connectivity index (χ1) is 13.8. The fourth-order valence-electron chi connectivity index (χ4n) is 3.33. The molecule has 0 radical (unpaired) electrons. The third kappa shape index (κ3) is 5.48. The third-order valence-electron chi connectivity index (χ3n) is 4.72. The van der Waals surface area contributed by atoms with Crippen molar-refractivity contribution in [3.8, 4) is 6.07 Å². The first kappa shape index (κ1) is 21.6. The van der Waals surface area contributed by atoms with Gasteiger partial charge in [-0.05, 0) is 30.0 Å². The van der Waals surface area contributed by atoms with Crippen LogP contribution in [-0.2, 0) is 17.7 Å². The van der Waals surface area contributed by atoms with Crippen LogP contribution in [0.1, 0.15) is 28.8 Å². The standard InChI is InChI=1S/C21H20Cl3N3O2/c1-26(20(28)29-14-21(22,23)24)9-4-7-18-17-6-3-2-5-16(17)8-10-27-13-15(12-25)11-19(18)27/h2-3,5-7,11,13H,4,8-10,14H2,1H3. The van der Waals surface area contributed by atoms with Crippen LogP contribution in [-0.4, -0.2) is 39.6 Å². The van der Waals surface area contributed by atoms with Crippen molar-refractivity contribution in [3.05, 3.63) is 65.0 Å². The van der Waals surface area contributed by atoms with Gasteiger partial charge >= 0.3 is 6.09 Å². The molecule has 5 nitrogen and oxygen atoms in total. The molecule has 0 aliphatic carbocycles. The second-order valence-electron chi connectivity index (χ2n) is 6.82. The van der Waals surface area contributed by atoms with Gasteiger partial charge in [-0.3, -0.25) is 0 Å². The molecule has 2 aromatic rings. The van der Waals surface area contributed by atoms with Crippen molar-refractivity contribution < 1.29 is 9.53 Å². The molecule has 2 heterocycles. The molecule has 0 fully saturated rings. The summed E-state index contributed by atoms with van der Waals surface area (Å²) in [5.41, 5.74) is 5.11. The van der Waals surface area contributed by atoms with Crippen LogP contribution in [0.4, 0.5) is 4.79 Å². The summed E-state index contributed by atoms with van der Waals surface area (Å²) >= 11 is 16.8. The Morgan fingerprint density at radius 3 is 2.86 bits per heavy atom. The Labute approximate surface area is 185 Å². The number of carbonyl (C=O) groups excluding carboxylic acids is 1. The van der Waals surface area contributed by atoms with E-state index in [9.17, 15) is 10.1 Å². The summed E-state index contributed by atoms with van der Waals surface area (Å²) in [6.45, 7) is 0.949. The van der Waals surface area contributed by atoms with Gasteiger partial charge < -0.3 is 14.2 Å². The van der Waals surface area contributed by atoms with E-state index in [2.05, 4.69) is 28.8 Å². The number of aromatic nitrogens is 1. The molecule has 29 heavy (non-hydrogen) atoms. The summed E-state index contributed by atoms with van der Waals surface area (Å²) in [6, 6.07) is 12.4. The largest absolute Gasteiger partial charge is 0.445 e. The van der Waals surface area contributed by atoms with Gasteiger partial charge in [-0.25, -0.2) is 4.79 Å². The van der Waals surface area contributed by atoms with E-state index < -0.39 is 9.89 Å². The number of hydrogen-bond acceptors (Lipinski definition) is 3. The molecule has 1 amide bonds. The predicted octanol–water partition coefficient (Wildman–Crippen LogP) is 5.18. The molecule has 0 unspecified atom stereocenters. The van der Waals surface area contributed by atoms with Crippen molar-refractivity contribution in [2.24, 2.45) is 0 Å². The van der Waals surface area contributed by atoms with E-state index in [-0.39, 0.29) is 6.61 Å². The highest BCUT2D eigenvalue weighted by Crippen LogP contribution is 2.32. The number of ether oxygens (including phenoxy) is 1. The van der Waals surface area contributed by atoms with E-state index in [4.69, 9.17) is 39.5 Å². The minimum atomic E-state index is -1.63. The molecule has 1 aromatic heterocycles. The summed E-state index contributed by atoms with van der Waals surface area (Å²) in [4.78, 5) is 13.5. The Morgan fingerprint density at radius 2 is 2.14 bits per heavy atom. The lowest BCUT2D eigenvalue weighted by Gasteiger charge is -2.18. The minimum Gasteiger partial charge on any atom is -0.445 e. The minimum absolute atomic E-state index is 0.306. The fourth-order valence-corrected chi connectivity index (χ4v) is 3.49. The highest BCUT2D eigenvalue weighted by atomic mass is 35.6. The van der Waals surface area contributed by atoms with Gasteiger partial charge in [-0.2, -0.15) is 5.26 Å². The Morgan fingerprint density at radius 1 is 1.38 bits per heavy atom. The van der Waals surface area contributed by atoms with Crippen molar-refractivity contribution in [2.45, 2.75) is 23.2 Å². The number of alkyl halides is 3. The van der Waals surface area contributed by atoms with Gasteiger partial charge in [0.2, 0.25) is 3.79 Å². The smallest absolute Gasteiger partial charge is 0.409 e. The summed E-state index contributed by atoms with van der Waals surface area (Å²) < 4.78 is 5.47. The summed E-state index contributed by atoms with van der Waals surface area (Å²) in [5.74, 6) is 0. The van der Waals surface area contributed by atoms with E-state index in [1.807, 2.05) is 24.4 Å². The van der Waals surface area contributed by atoms with Crippen molar-refractivity contribution in [3.63, 3.8) is 0 Å². The Balaban J connectivity index is 1.78. The Bertz CT molecular complexity index is 970. The average Bonchev–Trinajstić information content (AvgIpc) is 3.04. The number of hydrogen-bond donors (Lipinski definition) is 0. The van der Waals surface area contributed by atoms with E-state index in [0.717, 1.165) is 29.8 Å². The van der Waals surface area contributed by atoms with Crippen LogP contribution >= 0.6 is 34.8 Å². The first-order valence-corrected chi connectivity index (χ1v) is 10.3. The van der Waals surface area contributed by atoms with Gasteiger partial charge in [0.05, 0.1) is 5.56 Å². The highest BCUT2D eigenvalue weighted by molar-refractivity contribution is 6.67. The fraction of sp³-hybridized carbons (Fsp3) is 0.333. The van der Waals surface area contributed by atoms with E-state index >= 15 is 0 Å². The number of carbonyl (C=O) groups is 1. The third-order valence-corrected chi connectivity index (χ3v) is 5.04. The van der Waals surface area contributed by atoms with Crippen LogP contribution in [0.15, 0.2) is 42.6 Å². The maximum atomic E-state index is 12.0. The van der Waals surface area contributed by atoms with Crippen LogP contribution in [0.2, 0.25) is 0 Å².